The van der Waals surface area contributed by atoms with Crippen LogP contribution in [0.1, 0.15) is 49.1 Å². The van der Waals surface area contributed by atoms with Crippen LogP contribution in [0.15, 0.2) is 48.5 Å². The van der Waals surface area contributed by atoms with Gasteiger partial charge in [-0.2, -0.15) is 0 Å². The minimum atomic E-state index is -1.14. The van der Waals surface area contributed by atoms with Crippen LogP contribution in [0.4, 0.5) is 4.79 Å². The second-order valence-electron chi connectivity index (χ2n) is 9.03. The Morgan fingerprint density at radius 1 is 1.00 bits per heavy atom. The van der Waals surface area contributed by atoms with Crippen LogP contribution in [0.3, 0.4) is 0 Å². The highest BCUT2D eigenvalue weighted by molar-refractivity contribution is 5.90. The first kappa shape index (κ1) is 21.5. The first-order valence-electron chi connectivity index (χ1n) is 11.3. The van der Waals surface area contributed by atoms with Gasteiger partial charge in [0.2, 0.25) is 0 Å². The van der Waals surface area contributed by atoms with Gasteiger partial charge in [-0.25, -0.2) is 15.1 Å². The van der Waals surface area contributed by atoms with Crippen LogP contribution in [0, 0.1) is 5.92 Å². The molecule has 1 unspecified atom stereocenters. The molecule has 8 nitrogen and oxygen atoms in total. The predicted octanol–water partition coefficient (Wildman–Crippen LogP) is 3.36. The number of fused-ring (bicyclic) bond motifs is 3. The van der Waals surface area contributed by atoms with E-state index in [1.807, 2.05) is 36.4 Å². The molecule has 3 aliphatic rings. The third-order valence-corrected chi connectivity index (χ3v) is 6.90. The largest absolute Gasteiger partial charge is 0.479 e. The lowest BCUT2D eigenvalue weighted by Crippen LogP contribution is -2.63. The molecule has 2 amide bonds. The van der Waals surface area contributed by atoms with Gasteiger partial charge in [-0.15, -0.1) is 0 Å². The van der Waals surface area contributed by atoms with Crippen LogP contribution in [0.2, 0.25) is 0 Å². The number of amides is 2. The van der Waals surface area contributed by atoms with Gasteiger partial charge in [-0.1, -0.05) is 48.5 Å². The predicted molar refractivity (Wildman–Crippen MR) is 118 cm³/mol. The van der Waals surface area contributed by atoms with Crippen molar-refractivity contribution < 1.29 is 29.1 Å². The average Bonchev–Trinajstić information content (AvgIpc) is 3.57. The van der Waals surface area contributed by atoms with Crippen LogP contribution in [-0.4, -0.2) is 41.3 Å². The molecule has 0 radical (unpaired) electrons. The number of carboxylic acids is 1. The smallest absolute Gasteiger partial charge is 0.408 e. The van der Waals surface area contributed by atoms with E-state index in [2.05, 4.69) is 22.9 Å². The van der Waals surface area contributed by atoms with Crippen molar-refractivity contribution >= 4 is 18.0 Å². The fraction of sp³-hybridized carbons (Fsp3) is 0.400. The number of carbonyl (C=O) groups excluding carboxylic acids is 2. The van der Waals surface area contributed by atoms with Crippen LogP contribution < -0.4 is 10.8 Å². The van der Waals surface area contributed by atoms with E-state index in [1.165, 1.54) is 0 Å². The molecular formula is C25H26N2O6. The van der Waals surface area contributed by atoms with Crippen LogP contribution >= 0.6 is 0 Å². The quantitative estimate of drug-likeness (QED) is 0.532. The Morgan fingerprint density at radius 3 is 2.12 bits per heavy atom. The second-order valence-corrected chi connectivity index (χ2v) is 9.03. The number of hydrogen-bond acceptors (Lipinski definition) is 5. The highest BCUT2D eigenvalue weighted by Crippen LogP contribution is 2.44. The third kappa shape index (κ3) is 4.06. The molecule has 8 heteroatoms. The maximum absolute atomic E-state index is 12.7. The zero-order valence-electron chi connectivity index (χ0n) is 18.1. The molecule has 0 aliphatic heterocycles. The van der Waals surface area contributed by atoms with Crippen LogP contribution in [0.5, 0.6) is 0 Å². The number of hydrogen-bond donors (Lipinski definition) is 3. The number of carboxylic acid groups (broad SMARTS) is 1. The van der Waals surface area contributed by atoms with E-state index in [0.29, 0.717) is 12.8 Å². The fourth-order valence-electron chi connectivity index (χ4n) is 4.73. The minimum absolute atomic E-state index is 0.0764. The monoisotopic (exact) mass is 450 g/mol. The molecule has 0 aromatic heterocycles. The molecule has 2 saturated carbocycles. The number of benzene rings is 2. The van der Waals surface area contributed by atoms with E-state index in [4.69, 9.17) is 9.57 Å². The van der Waals surface area contributed by atoms with Gasteiger partial charge in [0.15, 0.2) is 6.10 Å². The first-order chi connectivity index (χ1) is 16.0. The zero-order valence-corrected chi connectivity index (χ0v) is 18.1. The Morgan fingerprint density at radius 2 is 1.61 bits per heavy atom. The Hall–Kier alpha value is -3.39. The molecule has 0 spiro atoms. The molecule has 3 aliphatic carbocycles. The van der Waals surface area contributed by atoms with Crippen molar-refractivity contribution in [3.8, 4) is 11.1 Å². The maximum Gasteiger partial charge on any atom is 0.408 e. The zero-order chi connectivity index (χ0) is 23.0. The van der Waals surface area contributed by atoms with Crippen LogP contribution in [-0.2, 0) is 19.2 Å². The standard InChI is InChI=1S/C25H26N2O6/c28-22(29)21(15-10-11-15)33-27-23(30)25(12-5-13-25)26-24(31)32-14-20-18-8-3-1-6-16(18)17-7-2-4-9-19(17)20/h1-4,6-9,15,20-21H,5,10-14H2,(H,26,31)(H,27,30)(H,28,29). The van der Waals surface area contributed by atoms with Crippen LogP contribution in [0.25, 0.3) is 11.1 Å². The van der Waals surface area contributed by atoms with E-state index in [0.717, 1.165) is 41.5 Å². The highest BCUT2D eigenvalue weighted by atomic mass is 16.7. The topological polar surface area (TPSA) is 114 Å². The molecule has 2 aromatic rings. The number of carbonyl (C=O) groups is 3. The molecule has 172 valence electrons. The lowest BCUT2D eigenvalue weighted by Gasteiger charge is -2.40. The third-order valence-electron chi connectivity index (χ3n) is 6.90. The van der Waals surface area contributed by atoms with E-state index in [1.54, 1.807) is 0 Å². The summed E-state index contributed by atoms with van der Waals surface area (Å²) in [6, 6.07) is 16.1. The normalized spacial score (nSPS) is 18.9. The Balaban J connectivity index is 1.21. The summed E-state index contributed by atoms with van der Waals surface area (Å²) < 4.78 is 5.57. The molecule has 0 bridgehead atoms. The number of hydroxylamine groups is 1. The average molecular weight is 450 g/mol. The van der Waals surface area contributed by atoms with Gasteiger partial charge in [0, 0.05) is 5.92 Å². The van der Waals surface area contributed by atoms with E-state index in [-0.39, 0.29) is 18.4 Å². The van der Waals surface area contributed by atoms with Crippen molar-refractivity contribution in [2.75, 3.05) is 6.61 Å². The molecule has 3 N–H and O–H groups in total. The lowest BCUT2D eigenvalue weighted by atomic mass is 9.76. The summed E-state index contributed by atoms with van der Waals surface area (Å²) in [6.45, 7) is 0.150. The van der Waals surface area contributed by atoms with Crippen molar-refractivity contribution in [1.29, 1.82) is 0 Å². The molecule has 0 saturated heterocycles. The molecule has 5 rings (SSSR count). The molecule has 1 atom stereocenters. The van der Waals surface area contributed by atoms with Gasteiger partial charge in [0.05, 0.1) is 0 Å². The minimum Gasteiger partial charge on any atom is -0.479 e. The van der Waals surface area contributed by atoms with Crippen molar-refractivity contribution in [2.45, 2.75) is 49.7 Å². The second kappa shape index (κ2) is 8.51. The summed E-state index contributed by atoms with van der Waals surface area (Å²) in [6.07, 6.45) is 1.42. The molecular weight excluding hydrogens is 424 g/mol. The summed E-state index contributed by atoms with van der Waals surface area (Å²) in [5.74, 6) is -1.82. The number of aliphatic carboxylic acids is 1. The number of alkyl carbamates (subject to hydrolysis) is 1. The summed E-state index contributed by atoms with van der Waals surface area (Å²) >= 11 is 0. The summed E-state index contributed by atoms with van der Waals surface area (Å²) in [7, 11) is 0. The first-order valence-corrected chi connectivity index (χ1v) is 11.3. The number of nitrogens with one attached hydrogen (secondary N) is 2. The highest BCUT2D eigenvalue weighted by Gasteiger charge is 2.47. The molecule has 33 heavy (non-hydrogen) atoms. The van der Waals surface area contributed by atoms with E-state index in [9.17, 15) is 19.5 Å². The molecule has 2 aromatic carbocycles. The number of rotatable bonds is 8. The van der Waals surface area contributed by atoms with Gasteiger partial charge in [0.25, 0.3) is 5.91 Å². The van der Waals surface area contributed by atoms with Crippen molar-refractivity contribution in [3.05, 3.63) is 59.7 Å². The van der Waals surface area contributed by atoms with Crippen molar-refractivity contribution in [1.82, 2.24) is 10.8 Å². The Bertz CT molecular complexity index is 1050. The molecule has 0 heterocycles. The van der Waals surface area contributed by atoms with Gasteiger partial charge < -0.3 is 15.2 Å². The van der Waals surface area contributed by atoms with Gasteiger partial charge >= 0.3 is 12.1 Å². The fourth-order valence-corrected chi connectivity index (χ4v) is 4.73. The maximum atomic E-state index is 12.7. The number of ether oxygens (including phenoxy) is 1. The van der Waals surface area contributed by atoms with Gasteiger partial charge in [-0.05, 0) is 60.3 Å². The summed E-state index contributed by atoms with van der Waals surface area (Å²) in [4.78, 5) is 41.9. The van der Waals surface area contributed by atoms with Crippen molar-refractivity contribution in [2.24, 2.45) is 5.92 Å². The van der Waals surface area contributed by atoms with E-state index >= 15 is 0 Å². The lowest BCUT2D eigenvalue weighted by molar-refractivity contribution is -0.166. The van der Waals surface area contributed by atoms with Gasteiger partial charge in [0.1, 0.15) is 12.1 Å². The summed E-state index contributed by atoms with van der Waals surface area (Å²) in [5, 5.41) is 12.0. The Labute approximate surface area is 191 Å². The van der Waals surface area contributed by atoms with E-state index < -0.39 is 29.6 Å². The molecule has 2 fully saturated rings. The Kier molecular flexibility index (Phi) is 5.54. The SMILES string of the molecule is O=C(NC1(C(=O)NOC(C(=O)O)C2CC2)CCC1)OCC1c2ccccc2-c2ccccc21. The summed E-state index contributed by atoms with van der Waals surface area (Å²) in [5.41, 5.74) is 5.61. The van der Waals surface area contributed by atoms with Crippen molar-refractivity contribution in [3.63, 3.8) is 0 Å². The van der Waals surface area contributed by atoms with Gasteiger partial charge in [-0.3, -0.25) is 9.63 Å².